The van der Waals surface area contributed by atoms with Gasteiger partial charge in [-0.15, -0.1) is 0 Å². The summed E-state index contributed by atoms with van der Waals surface area (Å²) in [5, 5.41) is 0. The average molecular weight is 501 g/mol. The van der Waals surface area contributed by atoms with E-state index in [4.69, 9.17) is 14.2 Å². The zero-order valence-corrected chi connectivity index (χ0v) is 23.2. The van der Waals surface area contributed by atoms with Crippen LogP contribution in [-0.2, 0) is 9.53 Å². The van der Waals surface area contributed by atoms with Gasteiger partial charge in [-0.3, -0.25) is 0 Å². The maximum absolute atomic E-state index is 12.6. The molecule has 0 amide bonds. The van der Waals surface area contributed by atoms with Crippen molar-refractivity contribution in [3.05, 3.63) is 24.3 Å². The molecule has 1 aliphatic carbocycles. The predicted molar refractivity (Wildman–Crippen MR) is 148 cm³/mol. The van der Waals surface area contributed by atoms with Crippen molar-refractivity contribution in [3.8, 4) is 11.5 Å². The minimum Gasteiger partial charge on any atom is -0.494 e. The van der Waals surface area contributed by atoms with E-state index in [-0.39, 0.29) is 18.2 Å². The summed E-state index contributed by atoms with van der Waals surface area (Å²) in [6.07, 6.45) is 23.3. The lowest BCUT2D eigenvalue weighted by molar-refractivity contribution is -0.135. The minimum absolute atomic E-state index is 0.0674. The Kier molecular flexibility index (Phi) is 13.7. The average Bonchev–Trinajstić information content (AvgIpc) is 3.70. The van der Waals surface area contributed by atoms with Crippen LogP contribution in [0.4, 0.5) is 0 Å². The second kappa shape index (κ2) is 17.1. The Bertz CT molecular complexity index is 707. The fourth-order valence-corrected chi connectivity index (χ4v) is 5.72. The molecular formula is C32H52O4. The summed E-state index contributed by atoms with van der Waals surface area (Å²) in [7, 11) is 0. The molecule has 1 saturated heterocycles. The summed E-state index contributed by atoms with van der Waals surface area (Å²) in [4.78, 5) is 12.6. The summed E-state index contributed by atoms with van der Waals surface area (Å²) in [6.45, 7) is 5.28. The molecule has 3 rings (SSSR count). The van der Waals surface area contributed by atoms with Crippen molar-refractivity contribution < 1.29 is 19.0 Å². The van der Waals surface area contributed by atoms with Gasteiger partial charge in [-0.05, 0) is 55.4 Å². The summed E-state index contributed by atoms with van der Waals surface area (Å²) in [5.74, 6) is 2.56. The molecule has 36 heavy (non-hydrogen) atoms. The lowest BCUT2D eigenvalue weighted by Gasteiger charge is -2.27. The Morgan fingerprint density at radius 2 is 1.31 bits per heavy atom. The van der Waals surface area contributed by atoms with Crippen molar-refractivity contribution in [1.82, 2.24) is 0 Å². The number of esters is 1. The molecule has 1 aromatic rings. The van der Waals surface area contributed by atoms with E-state index < -0.39 is 0 Å². The number of carbonyl (C=O) groups excluding carboxylic acids is 1. The molecule has 0 aromatic heterocycles. The van der Waals surface area contributed by atoms with Crippen LogP contribution in [-0.4, -0.2) is 24.8 Å². The van der Waals surface area contributed by atoms with E-state index >= 15 is 0 Å². The highest BCUT2D eigenvalue weighted by Gasteiger charge is 2.51. The number of benzene rings is 1. The highest BCUT2D eigenvalue weighted by molar-refractivity contribution is 5.80. The van der Waals surface area contributed by atoms with Crippen molar-refractivity contribution in [1.29, 1.82) is 0 Å². The molecule has 0 bridgehead atoms. The lowest BCUT2D eigenvalue weighted by atomic mass is 9.78. The molecule has 0 N–H and O–H groups in total. The number of carbonyl (C=O) groups is 1. The van der Waals surface area contributed by atoms with Crippen LogP contribution in [0.25, 0.3) is 0 Å². The van der Waals surface area contributed by atoms with Crippen LogP contribution in [0.5, 0.6) is 11.5 Å². The molecule has 4 nitrogen and oxygen atoms in total. The SMILES string of the molecule is CCCCCCCCCCCCOc1ccc(OC(=O)[C@@H]2O[C@H]2C2CCC(CCCCC)CC2)cc1. The van der Waals surface area contributed by atoms with E-state index in [0.717, 1.165) is 24.7 Å². The number of rotatable bonds is 19. The Labute approximate surface area is 220 Å². The molecule has 2 atom stereocenters. The van der Waals surface area contributed by atoms with Crippen molar-refractivity contribution in [2.75, 3.05) is 6.61 Å². The Balaban J connectivity index is 1.22. The van der Waals surface area contributed by atoms with Crippen molar-refractivity contribution in [2.24, 2.45) is 11.8 Å². The van der Waals surface area contributed by atoms with E-state index in [9.17, 15) is 4.79 Å². The molecule has 2 aliphatic rings. The third-order valence-electron chi connectivity index (χ3n) is 8.14. The maximum Gasteiger partial charge on any atom is 0.343 e. The molecule has 0 radical (unpaired) electrons. The van der Waals surface area contributed by atoms with Gasteiger partial charge in [-0.25, -0.2) is 4.79 Å². The molecule has 1 saturated carbocycles. The predicted octanol–water partition coefficient (Wildman–Crippen LogP) is 9.05. The van der Waals surface area contributed by atoms with E-state index in [0.29, 0.717) is 11.7 Å². The zero-order chi connectivity index (χ0) is 25.4. The highest BCUT2D eigenvalue weighted by Crippen LogP contribution is 2.41. The van der Waals surface area contributed by atoms with Crippen LogP contribution in [0.3, 0.4) is 0 Å². The van der Waals surface area contributed by atoms with Crippen molar-refractivity contribution >= 4 is 5.97 Å². The van der Waals surface area contributed by atoms with Gasteiger partial charge < -0.3 is 14.2 Å². The van der Waals surface area contributed by atoms with Gasteiger partial charge >= 0.3 is 5.97 Å². The van der Waals surface area contributed by atoms with Gasteiger partial charge in [0.05, 0.1) is 12.7 Å². The third-order valence-corrected chi connectivity index (χ3v) is 8.14. The quantitative estimate of drug-likeness (QED) is 0.0822. The molecule has 1 aromatic carbocycles. The van der Waals surface area contributed by atoms with Gasteiger partial charge in [-0.2, -0.15) is 0 Å². The van der Waals surface area contributed by atoms with Gasteiger partial charge in [0.1, 0.15) is 11.5 Å². The van der Waals surface area contributed by atoms with Gasteiger partial charge in [-0.1, -0.05) is 110 Å². The second-order valence-electron chi connectivity index (χ2n) is 11.2. The highest BCUT2D eigenvalue weighted by atomic mass is 16.6. The van der Waals surface area contributed by atoms with Crippen molar-refractivity contribution in [2.45, 2.75) is 142 Å². The summed E-state index contributed by atoms with van der Waals surface area (Å²) in [5.41, 5.74) is 0. The van der Waals surface area contributed by atoms with Gasteiger partial charge in [0.2, 0.25) is 0 Å². The van der Waals surface area contributed by atoms with Crippen molar-refractivity contribution in [3.63, 3.8) is 0 Å². The molecule has 1 heterocycles. The first-order valence-electron chi connectivity index (χ1n) is 15.3. The first kappa shape index (κ1) is 29.0. The molecule has 4 heteroatoms. The fraction of sp³-hybridized carbons (Fsp3) is 0.781. The number of ether oxygens (including phenoxy) is 3. The molecule has 0 unspecified atom stereocenters. The fourth-order valence-electron chi connectivity index (χ4n) is 5.72. The molecule has 204 valence electrons. The van der Waals surface area contributed by atoms with Gasteiger partial charge in [0.25, 0.3) is 0 Å². The molecular weight excluding hydrogens is 448 g/mol. The summed E-state index contributed by atoms with van der Waals surface area (Å²) in [6, 6.07) is 7.43. The Morgan fingerprint density at radius 1 is 0.750 bits per heavy atom. The monoisotopic (exact) mass is 500 g/mol. The molecule has 2 fully saturated rings. The first-order chi connectivity index (χ1) is 17.7. The standard InChI is InChI=1S/C32H52O4/c1-3-5-7-8-9-10-11-12-13-15-25-34-28-21-23-29(24-22-28)35-32(33)31-30(36-31)27-19-17-26(18-20-27)16-14-6-4-2/h21-24,26-27,30-31H,3-20,25H2,1-2H3/t26?,27?,30-,31+/m0/s1. The van der Waals surface area contributed by atoms with Crippen LogP contribution in [0.1, 0.15) is 129 Å². The van der Waals surface area contributed by atoms with Crippen LogP contribution in [0.15, 0.2) is 24.3 Å². The largest absolute Gasteiger partial charge is 0.494 e. The Morgan fingerprint density at radius 3 is 1.94 bits per heavy atom. The normalized spacial score (nSPS) is 23.4. The summed E-state index contributed by atoms with van der Waals surface area (Å²) < 4.78 is 17.2. The molecule has 0 spiro atoms. The van der Waals surface area contributed by atoms with E-state index in [1.807, 2.05) is 24.3 Å². The topological polar surface area (TPSA) is 48.1 Å². The first-order valence-corrected chi connectivity index (χ1v) is 15.3. The molecule has 1 aliphatic heterocycles. The summed E-state index contributed by atoms with van der Waals surface area (Å²) >= 11 is 0. The number of hydrogen-bond acceptors (Lipinski definition) is 4. The van der Waals surface area contributed by atoms with Gasteiger partial charge in [0.15, 0.2) is 6.10 Å². The van der Waals surface area contributed by atoms with Crippen LogP contribution >= 0.6 is 0 Å². The van der Waals surface area contributed by atoms with Gasteiger partial charge in [0, 0.05) is 0 Å². The lowest BCUT2D eigenvalue weighted by Crippen LogP contribution is -2.24. The van der Waals surface area contributed by atoms with Crippen LogP contribution < -0.4 is 9.47 Å². The number of epoxide rings is 1. The Hall–Kier alpha value is -1.55. The van der Waals surface area contributed by atoms with Crippen LogP contribution in [0.2, 0.25) is 0 Å². The number of hydrogen-bond donors (Lipinski definition) is 0. The minimum atomic E-state index is -0.376. The smallest absolute Gasteiger partial charge is 0.343 e. The van der Waals surface area contributed by atoms with E-state index in [1.165, 1.54) is 109 Å². The number of unbranched alkanes of at least 4 members (excludes halogenated alkanes) is 11. The van der Waals surface area contributed by atoms with Crippen LogP contribution in [0, 0.1) is 11.8 Å². The third kappa shape index (κ3) is 10.8. The van der Waals surface area contributed by atoms with E-state index in [1.54, 1.807) is 0 Å². The second-order valence-corrected chi connectivity index (χ2v) is 11.2. The maximum atomic E-state index is 12.6. The van der Waals surface area contributed by atoms with E-state index in [2.05, 4.69) is 13.8 Å². The zero-order valence-electron chi connectivity index (χ0n) is 23.2.